The van der Waals surface area contributed by atoms with Gasteiger partial charge in [0.25, 0.3) is 0 Å². The third-order valence-corrected chi connectivity index (χ3v) is 2.05. The van der Waals surface area contributed by atoms with Gasteiger partial charge < -0.3 is 20.8 Å². The van der Waals surface area contributed by atoms with E-state index in [1.165, 1.54) is 0 Å². The van der Waals surface area contributed by atoms with Gasteiger partial charge in [-0.1, -0.05) is 0 Å². The van der Waals surface area contributed by atoms with E-state index >= 15 is 0 Å². The van der Waals surface area contributed by atoms with Crippen LogP contribution in [-0.4, -0.2) is 47.6 Å². The van der Waals surface area contributed by atoms with Crippen molar-refractivity contribution in [3.63, 3.8) is 0 Å². The van der Waals surface area contributed by atoms with E-state index in [0.717, 1.165) is 13.1 Å². The minimum Gasteiger partial charge on any atom is -0.389 e. The molecule has 4 nitrogen and oxygen atoms in total. The Balaban J connectivity index is 1.83. The molecule has 0 spiro atoms. The quantitative estimate of drug-likeness (QED) is 0.334. The van der Waals surface area contributed by atoms with Gasteiger partial charge in [0.15, 0.2) is 0 Å². The number of aliphatic hydroxyl groups excluding tert-OH is 2. The summed E-state index contributed by atoms with van der Waals surface area (Å²) < 4.78 is 0. The highest BCUT2D eigenvalue weighted by molar-refractivity contribution is 5.01. The molecule has 2 rings (SSSR count). The number of hydrogen-bond acceptors (Lipinski definition) is 4. The van der Waals surface area contributed by atoms with E-state index < -0.39 is 12.2 Å². The van der Waals surface area contributed by atoms with E-state index in [-0.39, 0.29) is 12.1 Å². The highest BCUT2D eigenvalue weighted by atomic mass is 16.3. The maximum atomic E-state index is 9.32. The van der Waals surface area contributed by atoms with E-state index in [9.17, 15) is 10.2 Å². The lowest BCUT2D eigenvalue weighted by molar-refractivity contribution is 0.0190. The van der Waals surface area contributed by atoms with Crippen molar-refractivity contribution in [2.75, 3.05) is 13.1 Å². The molecule has 2 aliphatic rings. The van der Waals surface area contributed by atoms with Crippen LogP contribution in [0.5, 0.6) is 0 Å². The van der Waals surface area contributed by atoms with Gasteiger partial charge in [-0.05, 0) is 0 Å². The summed E-state index contributed by atoms with van der Waals surface area (Å²) >= 11 is 0. The molecule has 4 atom stereocenters. The van der Waals surface area contributed by atoms with Crippen LogP contribution in [0.3, 0.4) is 0 Å². The van der Waals surface area contributed by atoms with Crippen molar-refractivity contribution in [3.8, 4) is 0 Å². The molecule has 0 unspecified atom stereocenters. The summed E-state index contributed by atoms with van der Waals surface area (Å²) in [7, 11) is 0. The van der Waals surface area contributed by atoms with E-state index in [4.69, 9.17) is 0 Å². The molecule has 2 fully saturated rings. The Bertz CT molecular complexity index is 118. The Morgan fingerprint density at radius 1 is 1.00 bits per heavy atom. The fourth-order valence-corrected chi connectivity index (χ4v) is 1.10. The minimum atomic E-state index is -0.583. The largest absolute Gasteiger partial charge is 0.389 e. The van der Waals surface area contributed by atoms with Crippen molar-refractivity contribution < 1.29 is 10.2 Å². The first-order valence-electron chi connectivity index (χ1n) is 3.62. The number of hydrogen-bond donors (Lipinski definition) is 4. The summed E-state index contributed by atoms with van der Waals surface area (Å²) in [4.78, 5) is 0. The standard InChI is InChI=1S/C6H12N2O2/c9-5(3-1-7-3)6(10)4-2-8-4/h3-10H,1-2H2/t3-,4+,5+,6-. The molecule has 0 aliphatic carbocycles. The normalized spacial score (nSPS) is 42.6. The average molecular weight is 144 g/mol. The highest BCUT2D eigenvalue weighted by Crippen LogP contribution is 2.14. The Morgan fingerprint density at radius 3 is 1.50 bits per heavy atom. The molecule has 2 aliphatic heterocycles. The van der Waals surface area contributed by atoms with Crippen LogP contribution >= 0.6 is 0 Å². The molecule has 0 amide bonds. The smallest absolute Gasteiger partial charge is 0.0979 e. The third-order valence-electron chi connectivity index (χ3n) is 2.05. The Morgan fingerprint density at radius 2 is 1.30 bits per heavy atom. The van der Waals surface area contributed by atoms with Crippen LogP contribution in [0.2, 0.25) is 0 Å². The summed E-state index contributed by atoms with van der Waals surface area (Å²) in [6.45, 7) is 1.68. The van der Waals surface area contributed by atoms with Gasteiger partial charge >= 0.3 is 0 Å². The van der Waals surface area contributed by atoms with Crippen molar-refractivity contribution in [1.82, 2.24) is 10.6 Å². The lowest BCUT2D eigenvalue weighted by Crippen LogP contribution is -2.37. The first kappa shape index (κ1) is 6.54. The zero-order valence-electron chi connectivity index (χ0n) is 5.62. The molecule has 2 saturated heterocycles. The van der Waals surface area contributed by atoms with Crippen molar-refractivity contribution in [3.05, 3.63) is 0 Å². The van der Waals surface area contributed by atoms with Crippen LogP contribution < -0.4 is 10.6 Å². The summed E-state index contributed by atoms with van der Waals surface area (Å²) in [5.74, 6) is 0. The number of rotatable bonds is 3. The lowest BCUT2D eigenvalue weighted by Gasteiger charge is -2.14. The molecule has 4 N–H and O–H groups in total. The van der Waals surface area contributed by atoms with Crippen LogP contribution in [0, 0.1) is 0 Å². The monoisotopic (exact) mass is 144 g/mol. The zero-order valence-corrected chi connectivity index (χ0v) is 5.62. The zero-order chi connectivity index (χ0) is 7.14. The van der Waals surface area contributed by atoms with Crippen molar-refractivity contribution >= 4 is 0 Å². The van der Waals surface area contributed by atoms with Crippen molar-refractivity contribution in [2.45, 2.75) is 24.3 Å². The van der Waals surface area contributed by atoms with Gasteiger partial charge in [-0.15, -0.1) is 0 Å². The van der Waals surface area contributed by atoms with Crippen LogP contribution in [0.4, 0.5) is 0 Å². The lowest BCUT2D eigenvalue weighted by atomic mass is 10.1. The summed E-state index contributed by atoms with van der Waals surface area (Å²) in [6.07, 6.45) is -1.17. The van der Waals surface area contributed by atoms with Crippen LogP contribution in [0.25, 0.3) is 0 Å². The van der Waals surface area contributed by atoms with E-state index in [1.807, 2.05) is 0 Å². The van der Waals surface area contributed by atoms with Gasteiger partial charge in [0.1, 0.15) is 0 Å². The fourth-order valence-electron chi connectivity index (χ4n) is 1.10. The van der Waals surface area contributed by atoms with Gasteiger partial charge in [-0.25, -0.2) is 0 Å². The molecular formula is C6H12N2O2. The number of nitrogens with one attached hydrogen (secondary N) is 2. The molecule has 0 bridgehead atoms. The fraction of sp³-hybridized carbons (Fsp3) is 1.00. The van der Waals surface area contributed by atoms with Crippen LogP contribution in [0.1, 0.15) is 0 Å². The number of aliphatic hydroxyl groups is 2. The Kier molecular flexibility index (Phi) is 1.42. The molecule has 4 heteroatoms. The molecular weight excluding hydrogens is 132 g/mol. The van der Waals surface area contributed by atoms with Crippen LogP contribution in [0.15, 0.2) is 0 Å². The molecule has 0 aromatic rings. The molecule has 58 valence electrons. The Labute approximate surface area is 59.2 Å². The van der Waals surface area contributed by atoms with E-state index in [2.05, 4.69) is 10.6 Å². The second kappa shape index (κ2) is 2.17. The van der Waals surface area contributed by atoms with E-state index in [1.54, 1.807) is 0 Å². The Hall–Kier alpha value is -0.160. The van der Waals surface area contributed by atoms with Gasteiger partial charge in [-0.2, -0.15) is 0 Å². The molecule has 0 radical (unpaired) electrons. The predicted octanol–water partition coefficient (Wildman–Crippen LogP) is -2.35. The second-order valence-electron chi connectivity index (χ2n) is 3.01. The first-order valence-corrected chi connectivity index (χ1v) is 3.62. The predicted molar refractivity (Wildman–Crippen MR) is 35.6 cm³/mol. The van der Waals surface area contributed by atoms with Crippen molar-refractivity contribution in [2.24, 2.45) is 0 Å². The molecule has 2 heterocycles. The molecule has 0 aromatic heterocycles. The second-order valence-corrected chi connectivity index (χ2v) is 3.01. The topological polar surface area (TPSA) is 84.3 Å². The minimum absolute atomic E-state index is 0.136. The summed E-state index contributed by atoms with van der Waals surface area (Å²) in [5.41, 5.74) is 0. The average Bonchev–Trinajstić information content (AvgIpc) is 2.73. The van der Waals surface area contributed by atoms with Gasteiger partial charge in [0.05, 0.1) is 12.2 Å². The van der Waals surface area contributed by atoms with Crippen LogP contribution in [-0.2, 0) is 0 Å². The van der Waals surface area contributed by atoms with Gasteiger partial charge in [0, 0.05) is 25.2 Å². The summed E-state index contributed by atoms with van der Waals surface area (Å²) in [5, 5.41) is 24.6. The third kappa shape index (κ3) is 1.15. The van der Waals surface area contributed by atoms with Crippen molar-refractivity contribution in [1.29, 1.82) is 0 Å². The maximum absolute atomic E-state index is 9.32. The van der Waals surface area contributed by atoms with E-state index in [0.29, 0.717) is 0 Å². The molecule has 0 aromatic carbocycles. The molecule has 0 saturated carbocycles. The highest BCUT2D eigenvalue weighted by Gasteiger charge is 2.41. The van der Waals surface area contributed by atoms with Gasteiger partial charge in [-0.3, -0.25) is 0 Å². The summed E-state index contributed by atoms with van der Waals surface area (Å²) in [6, 6.07) is 0.273. The van der Waals surface area contributed by atoms with Gasteiger partial charge in [0.2, 0.25) is 0 Å². The SMILES string of the molecule is O[C@H]([C@H](O)[C@@H]1CN1)[C@H]1CN1. The maximum Gasteiger partial charge on any atom is 0.0979 e. The first-order chi connectivity index (χ1) is 4.79. The molecule has 10 heavy (non-hydrogen) atoms.